The first kappa shape index (κ1) is 4.92. The van der Waals surface area contributed by atoms with Crippen molar-refractivity contribution in [1.82, 2.24) is 5.48 Å². The summed E-state index contributed by atoms with van der Waals surface area (Å²) in [6.07, 6.45) is 0. The Morgan fingerprint density at radius 3 is 2.60 bits per heavy atom. The third kappa shape index (κ3) is 3.92. The minimum atomic E-state index is 0.622. The quantitative estimate of drug-likeness (QED) is 0.464. The molecule has 1 N–H and O–H groups in total. The molecule has 0 amide bonds. The molecule has 0 aromatic carbocycles. The normalized spacial score (nSPS) is 8.40. The highest BCUT2D eigenvalue weighted by Gasteiger charge is 1.61. The van der Waals surface area contributed by atoms with Gasteiger partial charge in [-0.2, -0.15) is 0 Å². The minimum Gasteiger partial charge on any atom is -0.305 e. The van der Waals surface area contributed by atoms with Gasteiger partial charge >= 0.3 is 0 Å². The molecule has 0 aliphatic heterocycles. The van der Waals surface area contributed by atoms with Crippen LogP contribution in [-0.2, 0) is 4.84 Å². The van der Waals surface area contributed by atoms with Crippen LogP contribution in [0.4, 0.5) is 0 Å². The van der Waals surface area contributed by atoms with Crippen LogP contribution in [0.2, 0.25) is 0 Å². The number of hydrogen-bond donors (Lipinski definition) is 1. The van der Waals surface area contributed by atoms with Crippen LogP contribution in [0.1, 0.15) is 0 Å². The molecule has 0 aliphatic rings. The van der Waals surface area contributed by atoms with E-state index in [1.807, 2.05) is 0 Å². The van der Waals surface area contributed by atoms with Gasteiger partial charge in [0.25, 0.3) is 0 Å². The molecule has 0 spiro atoms. The maximum Gasteiger partial charge on any atom is 0.0572 e. The lowest BCUT2D eigenvalue weighted by molar-refractivity contribution is 0.101. The standard InChI is InChI=1S/C3H8NO/c1-3-4-5-2/h4H,1,3H2,2H3. The molecular weight excluding hydrogens is 66.0 g/mol. The van der Waals surface area contributed by atoms with E-state index in [1.165, 1.54) is 0 Å². The summed E-state index contributed by atoms with van der Waals surface area (Å²) in [6.45, 7) is 4.06. The fraction of sp³-hybridized carbons (Fsp3) is 0.667. The molecule has 1 radical (unpaired) electrons. The van der Waals surface area contributed by atoms with Gasteiger partial charge in [-0.25, -0.2) is 5.48 Å². The molecule has 2 nitrogen and oxygen atoms in total. The largest absolute Gasteiger partial charge is 0.305 e. The van der Waals surface area contributed by atoms with Crippen molar-refractivity contribution in [3.05, 3.63) is 6.92 Å². The molecule has 0 rings (SSSR count). The van der Waals surface area contributed by atoms with Crippen LogP contribution in [0.15, 0.2) is 0 Å². The minimum absolute atomic E-state index is 0.622. The summed E-state index contributed by atoms with van der Waals surface area (Å²) in [5.41, 5.74) is 2.50. The zero-order chi connectivity index (χ0) is 4.12. The number of hydroxylamine groups is 1. The van der Waals surface area contributed by atoms with Crippen LogP contribution in [0.3, 0.4) is 0 Å². The summed E-state index contributed by atoms with van der Waals surface area (Å²) < 4.78 is 0. The molecule has 0 fully saturated rings. The molecule has 0 aromatic heterocycles. The summed E-state index contributed by atoms with van der Waals surface area (Å²) >= 11 is 0. The van der Waals surface area contributed by atoms with Gasteiger partial charge in [0, 0.05) is 6.54 Å². The van der Waals surface area contributed by atoms with Gasteiger partial charge in [0.15, 0.2) is 0 Å². The second kappa shape index (κ2) is 3.92. The first-order valence-electron chi connectivity index (χ1n) is 1.47. The Kier molecular flexibility index (Phi) is 3.86. The summed E-state index contributed by atoms with van der Waals surface area (Å²) in [6, 6.07) is 0. The highest BCUT2D eigenvalue weighted by molar-refractivity contribution is 4.29. The van der Waals surface area contributed by atoms with Crippen LogP contribution in [-0.4, -0.2) is 13.7 Å². The second-order valence-corrected chi connectivity index (χ2v) is 0.598. The first-order chi connectivity index (χ1) is 2.41. The van der Waals surface area contributed by atoms with E-state index >= 15 is 0 Å². The first-order valence-corrected chi connectivity index (χ1v) is 1.47. The Morgan fingerprint density at radius 1 is 2.00 bits per heavy atom. The molecule has 0 heterocycles. The lowest BCUT2D eigenvalue weighted by Crippen LogP contribution is -2.09. The van der Waals surface area contributed by atoms with Crippen molar-refractivity contribution in [2.45, 2.75) is 0 Å². The molecule has 0 bridgehead atoms. The number of hydrogen-bond acceptors (Lipinski definition) is 2. The molecule has 0 aromatic rings. The average molecular weight is 74.1 g/mol. The third-order valence-electron chi connectivity index (χ3n) is 0.246. The van der Waals surface area contributed by atoms with Gasteiger partial charge < -0.3 is 4.84 Å². The monoisotopic (exact) mass is 74.1 g/mol. The van der Waals surface area contributed by atoms with Crippen LogP contribution >= 0.6 is 0 Å². The predicted molar refractivity (Wildman–Crippen MR) is 20.4 cm³/mol. The molecule has 0 saturated carbocycles. The Balaban J connectivity index is 2.19. The maximum atomic E-state index is 4.38. The smallest absolute Gasteiger partial charge is 0.0572 e. The Labute approximate surface area is 32.1 Å². The zero-order valence-electron chi connectivity index (χ0n) is 3.32. The van der Waals surface area contributed by atoms with Crippen molar-refractivity contribution >= 4 is 0 Å². The van der Waals surface area contributed by atoms with Crippen molar-refractivity contribution in [2.24, 2.45) is 0 Å². The Hall–Kier alpha value is -0.0800. The SMILES string of the molecule is [CH2]CNOC. The lowest BCUT2D eigenvalue weighted by Gasteiger charge is -1.88. The van der Waals surface area contributed by atoms with E-state index in [0.717, 1.165) is 0 Å². The Bertz CT molecular complexity index is 14.4. The molecule has 0 saturated heterocycles. The second-order valence-electron chi connectivity index (χ2n) is 0.598. The summed E-state index contributed by atoms with van der Waals surface area (Å²) in [5.74, 6) is 0. The molecular formula is C3H8NO. The van der Waals surface area contributed by atoms with Gasteiger partial charge in [0.05, 0.1) is 7.11 Å². The van der Waals surface area contributed by atoms with E-state index < -0.39 is 0 Å². The summed E-state index contributed by atoms with van der Waals surface area (Å²) in [4.78, 5) is 4.38. The fourth-order valence-electron chi connectivity index (χ4n) is 0.102. The van der Waals surface area contributed by atoms with E-state index in [1.54, 1.807) is 7.11 Å². The summed E-state index contributed by atoms with van der Waals surface area (Å²) in [5, 5.41) is 0. The van der Waals surface area contributed by atoms with E-state index in [-0.39, 0.29) is 0 Å². The van der Waals surface area contributed by atoms with Gasteiger partial charge in [0.2, 0.25) is 0 Å². The fourth-order valence-corrected chi connectivity index (χ4v) is 0.102. The van der Waals surface area contributed by atoms with Crippen molar-refractivity contribution in [3.8, 4) is 0 Å². The highest BCUT2D eigenvalue weighted by atomic mass is 16.6. The van der Waals surface area contributed by atoms with Crippen LogP contribution < -0.4 is 5.48 Å². The average Bonchev–Trinajstić information content (AvgIpc) is 1.41. The Morgan fingerprint density at radius 2 is 2.60 bits per heavy atom. The molecule has 0 unspecified atom stereocenters. The molecule has 5 heavy (non-hydrogen) atoms. The van der Waals surface area contributed by atoms with Crippen LogP contribution in [0.5, 0.6) is 0 Å². The molecule has 0 atom stereocenters. The van der Waals surface area contributed by atoms with Gasteiger partial charge in [-0.1, -0.05) is 0 Å². The third-order valence-corrected chi connectivity index (χ3v) is 0.246. The number of rotatable bonds is 2. The maximum absolute atomic E-state index is 4.38. The molecule has 0 aliphatic carbocycles. The topological polar surface area (TPSA) is 21.3 Å². The van der Waals surface area contributed by atoms with E-state index in [2.05, 4.69) is 17.2 Å². The lowest BCUT2D eigenvalue weighted by atomic mass is 10.8. The van der Waals surface area contributed by atoms with Gasteiger partial charge in [-0.05, 0) is 6.92 Å². The van der Waals surface area contributed by atoms with Gasteiger partial charge in [0.1, 0.15) is 0 Å². The van der Waals surface area contributed by atoms with E-state index in [4.69, 9.17) is 0 Å². The van der Waals surface area contributed by atoms with Crippen molar-refractivity contribution in [1.29, 1.82) is 0 Å². The molecule has 2 heteroatoms. The van der Waals surface area contributed by atoms with Gasteiger partial charge in [-0.15, -0.1) is 0 Å². The van der Waals surface area contributed by atoms with Crippen molar-refractivity contribution in [3.63, 3.8) is 0 Å². The zero-order valence-corrected chi connectivity index (χ0v) is 3.32. The summed E-state index contributed by atoms with van der Waals surface area (Å²) in [7, 11) is 1.56. The van der Waals surface area contributed by atoms with E-state index in [9.17, 15) is 0 Å². The van der Waals surface area contributed by atoms with Crippen molar-refractivity contribution < 1.29 is 4.84 Å². The van der Waals surface area contributed by atoms with E-state index in [0.29, 0.717) is 6.54 Å². The predicted octanol–water partition coefficient (Wildman–Crippen LogP) is -0.0285. The van der Waals surface area contributed by atoms with Gasteiger partial charge in [-0.3, -0.25) is 0 Å². The van der Waals surface area contributed by atoms with Crippen LogP contribution in [0, 0.1) is 6.92 Å². The number of nitrogens with one attached hydrogen (secondary N) is 1. The van der Waals surface area contributed by atoms with Crippen molar-refractivity contribution in [2.75, 3.05) is 13.7 Å². The highest BCUT2D eigenvalue weighted by Crippen LogP contribution is 1.46. The van der Waals surface area contributed by atoms with Crippen LogP contribution in [0.25, 0.3) is 0 Å². The molecule has 31 valence electrons.